The van der Waals surface area contributed by atoms with E-state index >= 15 is 0 Å². The van der Waals surface area contributed by atoms with E-state index in [-0.39, 0.29) is 11.9 Å². The minimum Gasteiger partial charge on any atom is -0.492 e. The molecule has 6 heterocycles. The van der Waals surface area contributed by atoms with E-state index in [0.717, 1.165) is 65.9 Å². The van der Waals surface area contributed by atoms with Crippen LogP contribution in [0.2, 0.25) is 0 Å². The molecule has 46 heavy (non-hydrogen) atoms. The lowest BCUT2D eigenvalue weighted by Crippen LogP contribution is -2.25. The SMILES string of the molecule is Fc1cc(OCCN2CCCC2)cc(-c2cncc3[nH]c(-c4n[nH]c5cnc(-c6cncc(OC7CCCCC7)c6)cc45)nc23)c1. The van der Waals surface area contributed by atoms with Gasteiger partial charge in [-0.3, -0.25) is 25.0 Å². The highest BCUT2D eigenvalue weighted by molar-refractivity contribution is 5.97. The normalized spacial score (nSPS) is 16.0. The quantitative estimate of drug-likeness (QED) is 0.179. The number of benzene rings is 1. The number of rotatable bonds is 9. The van der Waals surface area contributed by atoms with E-state index in [1.54, 1.807) is 31.0 Å². The number of hydrogen-bond donors (Lipinski definition) is 2. The minimum atomic E-state index is -0.373. The van der Waals surface area contributed by atoms with Crippen molar-refractivity contribution in [2.24, 2.45) is 0 Å². The Morgan fingerprint density at radius 3 is 2.57 bits per heavy atom. The Kier molecular flexibility index (Phi) is 7.75. The summed E-state index contributed by atoms with van der Waals surface area (Å²) in [7, 11) is 0. The van der Waals surface area contributed by atoms with Crippen molar-refractivity contribution in [3.8, 4) is 45.4 Å². The highest BCUT2D eigenvalue weighted by Gasteiger charge is 2.19. The zero-order valence-electron chi connectivity index (χ0n) is 25.5. The van der Waals surface area contributed by atoms with Gasteiger partial charge in [0.1, 0.15) is 29.6 Å². The molecule has 2 aliphatic rings. The van der Waals surface area contributed by atoms with Crippen LogP contribution in [0.5, 0.6) is 11.5 Å². The van der Waals surface area contributed by atoms with Crippen LogP contribution < -0.4 is 9.47 Å². The Morgan fingerprint density at radius 1 is 0.826 bits per heavy atom. The first-order valence-corrected chi connectivity index (χ1v) is 16.1. The van der Waals surface area contributed by atoms with Crippen molar-refractivity contribution in [3.05, 3.63) is 67.1 Å². The van der Waals surface area contributed by atoms with Gasteiger partial charge in [0.2, 0.25) is 0 Å². The second-order valence-electron chi connectivity index (χ2n) is 12.2. The molecule has 234 valence electrons. The van der Waals surface area contributed by atoms with Gasteiger partial charge >= 0.3 is 0 Å². The molecule has 1 aliphatic carbocycles. The van der Waals surface area contributed by atoms with Gasteiger partial charge in [0, 0.05) is 41.5 Å². The highest BCUT2D eigenvalue weighted by atomic mass is 19.1. The fourth-order valence-electron chi connectivity index (χ4n) is 6.61. The van der Waals surface area contributed by atoms with Crippen LogP contribution in [0.25, 0.3) is 55.8 Å². The third kappa shape index (κ3) is 5.90. The third-order valence-corrected chi connectivity index (χ3v) is 8.99. The molecule has 0 atom stereocenters. The highest BCUT2D eigenvalue weighted by Crippen LogP contribution is 2.34. The van der Waals surface area contributed by atoms with E-state index in [2.05, 4.69) is 35.0 Å². The standard InChI is InChI=1S/C35H35FN8O2/c36-24-12-22(13-26(15-24)45-11-10-44-8-4-5-9-44)29-19-38-20-32-33(29)41-35(40-32)34-28-16-30(39-21-31(28)42-43-34)23-14-27(18-37-17-23)46-25-6-2-1-3-7-25/h12-21,25H,1-11H2,(H,40,41)(H,42,43). The average Bonchev–Trinajstić information content (AvgIpc) is 3.85. The molecule has 1 aliphatic heterocycles. The summed E-state index contributed by atoms with van der Waals surface area (Å²) in [5, 5.41) is 8.52. The number of ether oxygens (including phenoxy) is 2. The molecule has 1 aromatic carbocycles. The zero-order valence-corrected chi connectivity index (χ0v) is 25.5. The van der Waals surface area contributed by atoms with Crippen LogP contribution in [0.1, 0.15) is 44.9 Å². The first-order valence-electron chi connectivity index (χ1n) is 16.1. The van der Waals surface area contributed by atoms with Crippen LogP contribution >= 0.6 is 0 Å². The Morgan fingerprint density at radius 2 is 1.67 bits per heavy atom. The second kappa shape index (κ2) is 12.5. The predicted molar refractivity (Wildman–Crippen MR) is 174 cm³/mol. The largest absolute Gasteiger partial charge is 0.492 e. The lowest BCUT2D eigenvalue weighted by Gasteiger charge is -2.22. The van der Waals surface area contributed by atoms with E-state index < -0.39 is 0 Å². The van der Waals surface area contributed by atoms with Gasteiger partial charge in [-0.25, -0.2) is 9.37 Å². The minimum absolute atomic E-state index is 0.237. The summed E-state index contributed by atoms with van der Waals surface area (Å²) >= 11 is 0. The summed E-state index contributed by atoms with van der Waals surface area (Å²) in [4.78, 5) is 24.2. The molecule has 0 amide bonds. The summed E-state index contributed by atoms with van der Waals surface area (Å²) < 4.78 is 27.0. The maximum Gasteiger partial charge on any atom is 0.159 e. The van der Waals surface area contributed by atoms with Crippen LogP contribution in [0, 0.1) is 5.82 Å². The Hall–Kier alpha value is -4.90. The van der Waals surface area contributed by atoms with Crippen LogP contribution in [-0.4, -0.2) is 72.4 Å². The molecule has 2 fully saturated rings. The first-order chi connectivity index (χ1) is 22.7. The van der Waals surface area contributed by atoms with Crippen LogP contribution in [0.4, 0.5) is 4.39 Å². The molecule has 1 saturated carbocycles. The van der Waals surface area contributed by atoms with Gasteiger partial charge in [0.15, 0.2) is 5.82 Å². The molecular weight excluding hydrogens is 583 g/mol. The predicted octanol–water partition coefficient (Wildman–Crippen LogP) is 6.95. The van der Waals surface area contributed by atoms with Gasteiger partial charge in [0.25, 0.3) is 0 Å². The van der Waals surface area contributed by atoms with Crippen molar-refractivity contribution < 1.29 is 13.9 Å². The smallest absolute Gasteiger partial charge is 0.159 e. The van der Waals surface area contributed by atoms with Gasteiger partial charge in [-0.05, 0) is 81.4 Å². The third-order valence-electron chi connectivity index (χ3n) is 8.99. The molecule has 0 radical (unpaired) electrons. The van der Waals surface area contributed by atoms with E-state index in [4.69, 9.17) is 14.5 Å². The molecule has 0 unspecified atom stereocenters. The van der Waals surface area contributed by atoms with Crippen LogP contribution in [0.3, 0.4) is 0 Å². The molecular formula is C35H35FN8O2. The molecule has 0 spiro atoms. The summed E-state index contributed by atoms with van der Waals surface area (Å²) in [6.07, 6.45) is 17.3. The van der Waals surface area contributed by atoms with Crippen molar-refractivity contribution >= 4 is 21.9 Å². The van der Waals surface area contributed by atoms with E-state index in [1.807, 2.05) is 18.2 Å². The summed E-state index contributed by atoms with van der Waals surface area (Å²) in [6.45, 7) is 3.52. The fraction of sp³-hybridized carbons (Fsp3) is 0.343. The molecule has 0 bridgehead atoms. The van der Waals surface area contributed by atoms with Gasteiger partial charge < -0.3 is 14.5 Å². The van der Waals surface area contributed by atoms with E-state index in [9.17, 15) is 4.39 Å². The van der Waals surface area contributed by atoms with Gasteiger partial charge in [-0.1, -0.05) is 6.42 Å². The lowest BCUT2D eigenvalue weighted by molar-refractivity contribution is 0.154. The number of imidazole rings is 1. The molecule has 6 aromatic rings. The maximum atomic E-state index is 14.8. The van der Waals surface area contributed by atoms with E-state index in [0.29, 0.717) is 40.5 Å². The lowest BCUT2D eigenvalue weighted by atomic mass is 9.98. The molecule has 11 heteroatoms. The van der Waals surface area contributed by atoms with Crippen molar-refractivity contribution in [1.29, 1.82) is 0 Å². The Labute approximate surface area is 265 Å². The number of fused-ring (bicyclic) bond motifs is 2. The summed E-state index contributed by atoms with van der Waals surface area (Å²) in [5.74, 6) is 1.44. The van der Waals surface area contributed by atoms with Crippen molar-refractivity contribution in [2.45, 2.75) is 51.0 Å². The number of halogens is 1. The topological polar surface area (TPSA) is 118 Å². The van der Waals surface area contributed by atoms with Gasteiger partial charge in [-0.2, -0.15) is 5.10 Å². The molecule has 10 nitrogen and oxygen atoms in total. The van der Waals surface area contributed by atoms with E-state index in [1.165, 1.54) is 44.2 Å². The van der Waals surface area contributed by atoms with Crippen molar-refractivity contribution in [1.82, 2.24) is 40.0 Å². The molecule has 1 saturated heterocycles. The number of nitrogens with zero attached hydrogens (tertiary/aromatic N) is 6. The summed E-state index contributed by atoms with van der Waals surface area (Å²) in [6, 6.07) is 8.74. The monoisotopic (exact) mass is 618 g/mol. The van der Waals surface area contributed by atoms with Crippen molar-refractivity contribution in [2.75, 3.05) is 26.2 Å². The Balaban J connectivity index is 1.08. The molecule has 8 rings (SSSR count). The number of hydrogen-bond acceptors (Lipinski definition) is 8. The zero-order chi connectivity index (χ0) is 30.9. The van der Waals surface area contributed by atoms with Crippen LogP contribution in [0.15, 0.2) is 61.3 Å². The molecule has 5 aromatic heterocycles. The van der Waals surface area contributed by atoms with Gasteiger partial charge in [0.05, 0.1) is 46.9 Å². The number of pyridine rings is 3. The van der Waals surface area contributed by atoms with Crippen molar-refractivity contribution in [3.63, 3.8) is 0 Å². The number of likely N-dealkylation sites (tertiary alicyclic amines) is 1. The number of H-pyrrole nitrogens is 2. The fourth-order valence-corrected chi connectivity index (χ4v) is 6.61. The first kappa shape index (κ1) is 28.6. The average molecular weight is 619 g/mol. The summed E-state index contributed by atoms with van der Waals surface area (Å²) in [5.41, 5.74) is 5.78. The Bertz CT molecular complexity index is 1990. The number of aromatic nitrogens is 7. The molecule has 2 N–H and O–H groups in total. The number of nitrogens with one attached hydrogen (secondary N) is 2. The van der Waals surface area contributed by atoms with Crippen LogP contribution in [-0.2, 0) is 0 Å². The van der Waals surface area contributed by atoms with Gasteiger partial charge in [-0.15, -0.1) is 0 Å². The maximum absolute atomic E-state index is 14.8. The second-order valence-corrected chi connectivity index (χ2v) is 12.2. The number of aromatic amines is 2.